The smallest absolute Gasteiger partial charge is 0.105 e. The van der Waals surface area contributed by atoms with E-state index in [1.165, 1.54) is 0 Å². The fourth-order valence-electron chi connectivity index (χ4n) is 1.21. The molecule has 0 aromatic rings. The summed E-state index contributed by atoms with van der Waals surface area (Å²) in [6.45, 7) is 8.38. The number of ether oxygens (including phenoxy) is 3. The van der Waals surface area contributed by atoms with Crippen molar-refractivity contribution in [1.29, 1.82) is 0 Å². The van der Waals surface area contributed by atoms with E-state index in [0.717, 1.165) is 6.42 Å². The molecule has 5 heteroatoms. The summed E-state index contributed by atoms with van der Waals surface area (Å²) < 4.78 is 16.7. The van der Waals surface area contributed by atoms with Crippen LogP contribution >= 0.6 is 0 Å². The van der Waals surface area contributed by atoms with Crippen molar-refractivity contribution >= 4 is 0 Å². The van der Waals surface area contributed by atoms with Crippen molar-refractivity contribution in [2.75, 3.05) is 26.4 Å². The highest BCUT2D eigenvalue weighted by Crippen LogP contribution is 2.05. The van der Waals surface area contributed by atoms with Crippen LogP contribution in [0.3, 0.4) is 0 Å². The summed E-state index contributed by atoms with van der Waals surface area (Å²) in [5, 5.41) is 17.9. The minimum absolute atomic E-state index is 0.0194. The van der Waals surface area contributed by atoms with Crippen LogP contribution < -0.4 is 0 Å². The van der Waals surface area contributed by atoms with Crippen molar-refractivity contribution in [1.82, 2.24) is 0 Å². The van der Waals surface area contributed by atoms with E-state index in [1.807, 2.05) is 6.92 Å². The van der Waals surface area contributed by atoms with E-state index >= 15 is 0 Å². The Hall–Kier alpha value is -0.200. The maximum absolute atomic E-state index is 8.98. The van der Waals surface area contributed by atoms with E-state index in [-0.39, 0.29) is 37.6 Å². The first-order valence-corrected chi connectivity index (χ1v) is 6.63. The highest BCUT2D eigenvalue weighted by atomic mass is 16.6. The van der Waals surface area contributed by atoms with Crippen LogP contribution in [0.25, 0.3) is 0 Å². The van der Waals surface area contributed by atoms with E-state index in [9.17, 15) is 0 Å². The van der Waals surface area contributed by atoms with E-state index < -0.39 is 0 Å². The molecule has 4 unspecified atom stereocenters. The topological polar surface area (TPSA) is 68.2 Å². The molecule has 0 bridgehead atoms. The number of aliphatic hydroxyl groups is 2. The average molecular weight is 264 g/mol. The Bertz CT molecular complexity index is 174. The van der Waals surface area contributed by atoms with Gasteiger partial charge in [-0.05, 0) is 27.2 Å². The second-order valence-corrected chi connectivity index (χ2v) is 4.63. The maximum atomic E-state index is 8.98. The van der Waals surface area contributed by atoms with Crippen molar-refractivity contribution in [2.24, 2.45) is 0 Å². The van der Waals surface area contributed by atoms with Crippen molar-refractivity contribution in [3.8, 4) is 0 Å². The van der Waals surface area contributed by atoms with Crippen LogP contribution in [-0.2, 0) is 14.2 Å². The van der Waals surface area contributed by atoms with Gasteiger partial charge in [0.2, 0.25) is 0 Å². The Morgan fingerprint density at radius 1 is 0.833 bits per heavy atom. The highest BCUT2D eigenvalue weighted by Gasteiger charge is 2.16. The lowest BCUT2D eigenvalue weighted by Gasteiger charge is -2.24. The number of aliphatic hydroxyl groups excluding tert-OH is 2. The van der Waals surface area contributed by atoms with E-state index in [0.29, 0.717) is 13.2 Å². The first-order valence-electron chi connectivity index (χ1n) is 6.63. The largest absolute Gasteiger partial charge is 0.394 e. The van der Waals surface area contributed by atoms with Crippen molar-refractivity contribution in [2.45, 2.75) is 58.5 Å². The normalized spacial score (nSPS) is 18.3. The van der Waals surface area contributed by atoms with Gasteiger partial charge in [-0.15, -0.1) is 0 Å². The molecule has 4 atom stereocenters. The predicted octanol–water partition coefficient (Wildman–Crippen LogP) is 0.965. The van der Waals surface area contributed by atoms with Crippen LogP contribution in [0.5, 0.6) is 0 Å². The Kier molecular flexibility index (Phi) is 10.6. The molecule has 0 aliphatic rings. The standard InChI is InChI=1S/C13H28O5/c1-5-10(2)16-8-13(18-12(4)7-15)9-17-11(3)6-14/h10-15H,5-9H2,1-4H3. The average Bonchev–Trinajstić information content (AvgIpc) is 2.40. The molecule has 0 rings (SSSR count). The fourth-order valence-corrected chi connectivity index (χ4v) is 1.21. The van der Waals surface area contributed by atoms with Gasteiger partial charge in [0.05, 0.1) is 44.7 Å². The van der Waals surface area contributed by atoms with Gasteiger partial charge < -0.3 is 24.4 Å². The monoisotopic (exact) mass is 264 g/mol. The molecular formula is C13H28O5. The molecule has 0 aliphatic carbocycles. The molecule has 18 heavy (non-hydrogen) atoms. The Morgan fingerprint density at radius 2 is 1.33 bits per heavy atom. The summed E-state index contributed by atoms with van der Waals surface area (Å²) in [6, 6.07) is 0. The molecule has 0 radical (unpaired) electrons. The van der Waals surface area contributed by atoms with Crippen molar-refractivity contribution < 1.29 is 24.4 Å². The second-order valence-electron chi connectivity index (χ2n) is 4.63. The predicted molar refractivity (Wildman–Crippen MR) is 69.6 cm³/mol. The van der Waals surface area contributed by atoms with E-state index in [4.69, 9.17) is 24.4 Å². The van der Waals surface area contributed by atoms with Gasteiger partial charge in [0, 0.05) is 0 Å². The summed E-state index contributed by atoms with van der Waals surface area (Å²) in [5.74, 6) is 0. The van der Waals surface area contributed by atoms with Gasteiger partial charge in [0.15, 0.2) is 0 Å². The molecule has 0 spiro atoms. The highest BCUT2D eigenvalue weighted by molar-refractivity contribution is 4.62. The molecule has 5 nitrogen and oxygen atoms in total. The SMILES string of the molecule is CCC(C)OCC(COC(C)CO)OC(C)CO. The van der Waals surface area contributed by atoms with Crippen molar-refractivity contribution in [3.63, 3.8) is 0 Å². The number of hydrogen-bond donors (Lipinski definition) is 2. The van der Waals surface area contributed by atoms with Gasteiger partial charge in [-0.1, -0.05) is 6.92 Å². The summed E-state index contributed by atoms with van der Waals surface area (Å²) in [7, 11) is 0. The first-order chi connectivity index (χ1) is 8.53. The summed E-state index contributed by atoms with van der Waals surface area (Å²) in [4.78, 5) is 0. The number of rotatable bonds is 11. The molecule has 0 saturated heterocycles. The van der Waals surface area contributed by atoms with Crippen LogP contribution in [0.1, 0.15) is 34.1 Å². The minimum Gasteiger partial charge on any atom is -0.394 e. The lowest BCUT2D eigenvalue weighted by molar-refractivity contribution is -0.119. The molecule has 2 N–H and O–H groups in total. The Labute approximate surface area is 110 Å². The quantitative estimate of drug-likeness (QED) is 0.582. The van der Waals surface area contributed by atoms with Crippen molar-refractivity contribution in [3.05, 3.63) is 0 Å². The Morgan fingerprint density at radius 3 is 1.78 bits per heavy atom. The maximum Gasteiger partial charge on any atom is 0.105 e. The first kappa shape index (κ1) is 17.8. The molecule has 0 fully saturated rings. The van der Waals surface area contributed by atoms with Gasteiger partial charge in [0.25, 0.3) is 0 Å². The fraction of sp³-hybridized carbons (Fsp3) is 1.00. The summed E-state index contributed by atoms with van der Waals surface area (Å²) >= 11 is 0. The zero-order valence-corrected chi connectivity index (χ0v) is 12.0. The second kappa shape index (κ2) is 10.7. The van der Waals surface area contributed by atoms with Crippen LogP contribution in [0.4, 0.5) is 0 Å². The van der Waals surface area contributed by atoms with Gasteiger partial charge in [-0.2, -0.15) is 0 Å². The zero-order valence-electron chi connectivity index (χ0n) is 12.0. The van der Waals surface area contributed by atoms with Gasteiger partial charge in [0.1, 0.15) is 6.10 Å². The molecule has 0 aromatic heterocycles. The minimum atomic E-state index is -0.247. The van der Waals surface area contributed by atoms with Gasteiger partial charge in [-0.3, -0.25) is 0 Å². The van der Waals surface area contributed by atoms with Crippen LogP contribution in [0, 0.1) is 0 Å². The summed E-state index contributed by atoms with van der Waals surface area (Å²) in [6.07, 6.45) is 0.426. The van der Waals surface area contributed by atoms with Crippen LogP contribution in [0.2, 0.25) is 0 Å². The van der Waals surface area contributed by atoms with E-state index in [1.54, 1.807) is 13.8 Å². The van der Waals surface area contributed by atoms with Gasteiger partial charge in [-0.25, -0.2) is 0 Å². The molecule has 0 saturated carbocycles. The lowest BCUT2D eigenvalue weighted by atomic mass is 10.3. The molecule has 0 aliphatic heterocycles. The molecular weight excluding hydrogens is 236 g/mol. The molecule has 110 valence electrons. The number of hydrogen-bond acceptors (Lipinski definition) is 5. The van der Waals surface area contributed by atoms with E-state index in [2.05, 4.69) is 6.92 Å². The zero-order chi connectivity index (χ0) is 14.0. The summed E-state index contributed by atoms with van der Waals surface area (Å²) in [5.41, 5.74) is 0. The third kappa shape index (κ3) is 8.83. The Balaban J connectivity index is 4.07. The lowest BCUT2D eigenvalue weighted by Crippen LogP contribution is -2.33. The molecule has 0 aromatic carbocycles. The third-order valence-corrected chi connectivity index (χ3v) is 2.65. The molecule has 0 amide bonds. The van der Waals surface area contributed by atoms with Crippen LogP contribution in [0.15, 0.2) is 0 Å². The third-order valence-electron chi connectivity index (χ3n) is 2.65. The van der Waals surface area contributed by atoms with Gasteiger partial charge >= 0.3 is 0 Å². The molecule has 0 heterocycles. The van der Waals surface area contributed by atoms with Crippen LogP contribution in [-0.4, -0.2) is 61.1 Å².